The molecule has 0 saturated carbocycles. The largest absolute Gasteiger partial charge is 0.479 e. The highest BCUT2D eigenvalue weighted by molar-refractivity contribution is 5.82. The Balaban J connectivity index is 1.56. The number of carboxylic acids is 1. The fraction of sp³-hybridized carbons (Fsp3) is 0.227. The lowest BCUT2D eigenvalue weighted by Gasteiger charge is -2.10. The normalized spacial score (nSPS) is 12.8. The quantitative estimate of drug-likeness (QED) is 0.475. The van der Waals surface area contributed by atoms with Crippen LogP contribution in [0, 0.1) is 6.92 Å². The van der Waals surface area contributed by atoms with Gasteiger partial charge in [-0.25, -0.2) is 4.79 Å². The van der Waals surface area contributed by atoms with Crippen molar-refractivity contribution in [2.24, 2.45) is 0 Å². The zero-order valence-electron chi connectivity index (χ0n) is 17.2. The van der Waals surface area contributed by atoms with Gasteiger partial charge in [-0.1, -0.05) is 0 Å². The predicted molar refractivity (Wildman–Crippen MR) is 110 cm³/mol. The first-order valence-electron chi connectivity index (χ1n) is 9.70. The molecule has 2 aromatic heterocycles. The number of rotatable bonds is 6. The van der Waals surface area contributed by atoms with Crippen molar-refractivity contribution in [1.29, 1.82) is 0 Å². The Bertz CT molecular complexity index is 1280. The molecule has 0 radical (unpaired) electrons. The number of hydrogen-bond acceptors (Lipinski definition) is 4. The third-order valence-corrected chi connectivity index (χ3v) is 5.03. The van der Waals surface area contributed by atoms with Gasteiger partial charge in [-0.05, 0) is 62.4 Å². The molecule has 10 heteroatoms. The number of aliphatic carboxylic acids is 1. The van der Waals surface area contributed by atoms with Crippen LogP contribution in [0.4, 0.5) is 13.2 Å². The van der Waals surface area contributed by atoms with Crippen molar-refractivity contribution in [3.05, 3.63) is 71.7 Å². The summed E-state index contributed by atoms with van der Waals surface area (Å²) in [5.74, 6) is -0.594. The van der Waals surface area contributed by atoms with Crippen LogP contribution in [0.1, 0.15) is 23.9 Å². The van der Waals surface area contributed by atoms with Crippen LogP contribution < -0.4 is 4.74 Å². The molecule has 0 fully saturated rings. The molecule has 2 heterocycles. The van der Waals surface area contributed by atoms with Gasteiger partial charge in [-0.2, -0.15) is 28.2 Å². The summed E-state index contributed by atoms with van der Waals surface area (Å²) in [4.78, 5) is 12.3. The average molecular weight is 444 g/mol. The molecule has 0 bridgehead atoms. The van der Waals surface area contributed by atoms with Crippen molar-refractivity contribution in [3.8, 4) is 11.4 Å². The number of fused-ring (bicyclic) bond motifs is 1. The smallest absolute Gasteiger partial charge is 0.416 e. The Labute approximate surface area is 180 Å². The number of carbonyl (C=O) groups is 1. The minimum absolute atomic E-state index is 0.404. The van der Waals surface area contributed by atoms with E-state index in [1.165, 1.54) is 23.9 Å². The standard InChI is InChI=1S/C22H19F3N4O3/c1-13-19(27-29(26-13)17-5-3-16(4-6-17)22(23,24)25)12-28-10-9-15-11-18(7-8-20(15)28)32-14(2)21(30)31/h3-11,14H,12H2,1-2H3,(H,30,31). The molecule has 0 aliphatic heterocycles. The Kier molecular flexibility index (Phi) is 5.37. The Morgan fingerprint density at radius 3 is 2.50 bits per heavy atom. The lowest BCUT2D eigenvalue weighted by Crippen LogP contribution is -2.22. The topological polar surface area (TPSA) is 82.2 Å². The Hall–Kier alpha value is -3.82. The van der Waals surface area contributed by atoms with Crippen LogP contribution in [0.5, 0.6) is 5.75 Å². The van der Waals surface area contributed by atoms with Crippen molar-refractivity contribution >= 4 is 16.9 Å². The number of hydrogen-bond donors (Lipinski definition) is 1. The molecule has 7 nitrogen and oxygen atoms in total. The second-order valence-corrected chi connectivity index (χ2v) is 7.33. The summed E-state index contributed by atoms with van der Waals surface area (Å²) >= 11 is 0. The van der Waals surface area contributed by atoms with Crippen molar-refractivity contribution in [2.75, 3.05) is 0 Å². The molecule has 4 aromatic rings. The number of ether oxygens (including phenoxy) is 1. The highest BCUT2D eigenvalue weighted by Gasteiger charge is 2.30. The van der Waals surface area contributed by atoms with Crippen LogP contribution in [-0.4, -0.2) is 36.7 Å². The van der Waals surface area contributed by atoms with E-state index in [2.05, 4.69) is 10.2 Å². The molecule has 1 atom stereocenters. The number of aromatic nitrogens is 4. The van der Waals surface area contributed by atoms with E-state index in [0.717, 1.165) is 23.0 Å². The maximum atomic E-state index is 12.8. The number of nitrogens with zero attached hydrogens (tertiary/aromatic N) is 4. The van der Waals surface area contributed by atoms with Gasteiger partial charge in [-0.15, -0.1) is 0 Å². The second-order valence-electron chi connectivity index (χ2n) is 7.33. The molecule has 0 aliphatic carbocycles. The van der Waals surface area contributed by atoms with Gasteiger partial charge in [0.25, 0.3) is 0 Å². The number of alkyl halides is 3. The van der Waals surface area contributed by atoms with E-state index in [0.29, 0.717) is 29.4 Å². The van der Waals surface area contributed by atoms with E-state index in [4.69, 9.17) is 9.84 Å². The van der Waals surface area contributed by atoms with Gasteiger partial charge in [0.1, 0.15) is 11.4 Å². The summed E-state index contributed by atoms with van der Waals surface area (Å²) in [6.45, 7) is 3.65. The van der Waals surface area contributed by atoms with E-state index >= 15 is 0 Å². The van der Waals surface area contributed by atoms with Crippen molar-refractivity contribution in [1.82, 2.24) is 19.6 Å². The Morgan fingerprint density at radius 1 is 1.12 bits per heavy atom. The summed E-state index contributed by atoms with van der Waals surface area (Å²) in [5.41, 5.74) is 1.91. The summed E-state index contributed by atoms with van der Waals surface area (Å²) in [7, 11) is 0. The minimum Gasteiger partial charge on any atom is -0.479 e. The van der Waals surface area contributed by atoms with Gasteiger partial charge < -0.3 is 14.4 Å². The molecule has 1 N–H and O–H groups in total. The first-order chi connectivity index (χ1) is 15.1. The van der Waals surface area contributed by atoms with E-state index in [1.807, 2.05) is 22.9 Å². The summed E-state index contributed by atoms with van der Waals surface area (Å²) in [6.07, 6.45) is -3.49. The SMILES string of the molecule is Cc1nn(-c2ccc(C(F)(F)F)cc2)nc1Cn1ccc2cc(OC(C)C(=O)O)ccc21. The highest BCUT2D eigenvalue weighted by Crippen LogP contribution is 2.29. The summed E-state index contributed by atoms with van der Waals surface area (Å²) < 4.78 is 45.7. The number of carboxylic acid groups (broad SMARTS) is 1. The van der Waals surface area contributed by atoms with E-state index in [9.17, 15) is 18.0 Å². The van der Waals surface area contributed by atoms with Crippen LogP contribution >= 0.6 is 0 Å². The van der Waals surface area contributed by atoms with Crippen LogP contribution in [0.3, 0.4) is 0 Å². The molecule has 4 rings (SSSR count). The molecule has 0 saturated heterocycles. The maximum absolute atomic E-state index is 12.8. The first-order valence-corrected chi connectivity index (χ1v) is 9.70. The minimum atomic E-state index is -4.40. The highest BCUT2D eigenvalue weighted by atomic mass is 19.4. The van der Waals surface area contributed by atoms with Gasteiger partial charge >= 0.3 is 12.1 Å². The fourth-order valence-corrected chi connectivity index (χ4v) is 3.26. The predicted octanol–water partition coefficient (Wildman–Crippen LogP) is 4.45. The molecular formula is C22H19F3N4O3. The molecule has 0 spiro atoms. The number of benzene rings is 2. The average Bonchev–Trinajstić information content (AvgIpc) is 3.31. The monoisotopic (exact) mass is 444 g/mol. The molecular weight excluding hydrogens is 425 g/mol. The van der Waals surface area contributed by atoms with Crippen molar-refractivity contribution in [2.45, 2.75) is 32.7 Å². The zero-order valence-corrected chi connectivity index (χ0v) is 17.2. The van der Waals surface area contributed by atoms with Gasteiger partial charge in [0.05, 0.1) is 23.5 Å². The molecule has 166 valence electrons. The third-order valence-electron chi connectivity index (χ3n) is 5.03. The molecule has 0 aliphatic rings. The van der Waals surface area contributed by atoms with Gasteiger partial charge in [0.2, 0.25) is 0 Å². The number of halogens is 3. The molecule has 2 aromatic carbocycles. The third kappa shape index (κ3) is 4.29. The van der Waals surface area contributed by atoms with Crippen molar-refractivity contribution < 1.29 is 27.8 Å². The fourth-order valence-electron chi connectivity index (χ4n) is 3.26. The van der Waals surface area contributed by atoms with Crippen LogP contribution in [-0.2, 0) is 17.5 Å². The van der Waals surface area contributed by atoms with Crippen LogP contribution in [0.15, 0.2) is 54.7 Å². The van der Waals surface area contributed by atoms with E-state index < -0.39 is 23.8 Å². The van der Waals surface area contributed by atoms with E-state index in [-0.39, 0.29) is 0 Å². The van der Waals surface area contributed by atoms with Crippen LogP contribution in [0.25, 0.3) is 16.6 Å². The molecule has 32 heavy (non-hydrogen) atoms. The zero-order chi connectivity index (χ0) is 23.0. The van der Waals surface area contributed by atoms with Gasteiger partial charge in [0.15, 0.2) is 6.10 Å². The van der Waals surface area contributed by atoms with Crippen molar-refractivity contribution in [3.63, 3.8) is 0 Å². The van der Waals surface area contributed by atoms with Gasteiger partial charge in [0, 0.05) is 17.1 Å². The maximum Gasteiger partial charge on any atom is 0.416 e. The Morgan fingerprint density at radius 2 is 1.84 bits per heavy atom. The first kappa shape index (κ1) is 21.4. The number of aryl methyl sites for hydroxylation is 1. The molecule has 1 unspecified atom stereocenters. The molecule has 0 amide bonds. The summed E-state index contributed by atoms with van der Waals surface area (Å²) in [6, 6.07) is 11.8. The van der Waals surface area contributed by atoms with Gasteiger partial charge in [-0.3, -0.25) is 0 Å². The van der Waals surface area contributed by atoms with Crippen LogP contribution in [0.2, 0.25) is 0 Å². The lowest BCUT2D eigenvalue weighted by atomic mass is 10.2. The summed E-state index contributed by atoms with van der Waals surface area (Å²) in [5, 5.41) is 18.6. The van der Waals surface area contributed by atoms with E-state index in [1.54, 1.807) is 19.1 Å². The lowest BCUT2D eigenvalue weighted by molar-refractivity contribution is -0.144. The second kappa shape index (κ2) is 8.03.